The van der Waals surface area contributed by atoms with E-state index in [-0.39, 0.29) is 16.2 Å². The van der Waals surface area contributed by atoms with Crippen molar-refractivity contribution in [3.05, 3.63) is 53.6 Å². The summed E-state index contributed by atoms with van der Waals surface area (Å²) in [6, 6.07) is 10.5. The largest absolute Gasteiger partial charge is 0.506 e. The van der Waals surface area contributed by atoms with Gasteiger partial charge in [-0.2, -0.15) is 0 Å². The van der Waals surface area contributed by atoms with E-state index < -0.39 is 21.5 Å². The lowest BCUT2D eigenvalue weighted by molar-refractivity contribution is 0.102. The van der Waals surface area contributed by atoms with E-state index >= 15 is 0 Å². The zero-order valence-corrected chi connectivity index (χ0v) is 15.4. The Morgan fingerprint density at radius 1 is 1.04 bits per heavy atom. The molecule has 6 nitrogen and oxygen atoms in total. The second-order valence-electron chi connectivity index (χ2n) is 6.85. The smallest absolute Gasteiger partial charge is 0.255 e. The minimum absolute atomic E-state index is 0.0260. The van der Waals surface area contributed by atoms with Crippen LogP contribution < -0.4 is 10.0 Å². The van der Waals surface area contributed by atoms with Crippen molar-refractivity contribution in [3.8, 4) is 5.75 Å². The fourth-order valence-corrected chi connectivity index (χ4v) is 3.61. The molecule has 0 spiro atoms. The van der Waals surface area contributed by atoms with Crippen LogP contribution in [0.25, 0.3) is 0 Å². The second-order valence-corrected chi connectivity index (χ2v) is 8.54. The molecule has 0 aliphatic carbocycles. The Morgan fingerprint density at radius 3 is 2.16 bits per heavy atom. The molecule has 0 aliphatic rings. The molecule has 0 aromatic heterocycles. The van der Waals surface area contributed by atoms with Crippen LogP contribution in [0.1, 0.15) is 36.7 Å². The first kappa shape index (κ1) is 19.0. The van der Waals surface area contributed by atoms with E-state index in [9.17, 15) is 18.3 Å². The molecule has 0 atom stereocenters. The molecule has 7 heteroatoms. The number of aryl methyl sites for hydroxylation is 1. The highest BCUT2D eigenvalue weighted by molar-refractivity contribution is 7.89. The molecule has 3 N–H and O–H groups in total. The van der Waals surface area contributed by atoms with Crippen LogP contribution in [0.5, 0.6) is 5.75 Å². The molecule has 2 rings (SSSR count). The predicted molar refractivity (Wildman–Crippen MR) is 97.3 cm³/mol. The minimum atomic E-state index is -3.65. The zero-order valence-electron chi connectivity index (χ0n) is 14.6. The van der Waals surface area contributed by atoms with Gasteiger partial charge in [-0.1, -0.05) is 6.07 Å². The minimum Gasteiger partial charge on any atom is -0.506 e. The number of phenolic OH excluding ortho intramolecular Hbond substituents is 1. The molecule has 0 heterocycles. The summed E-state index contributed by atoms with van der Waals surface area (Å²) >= 11 is 0. The Bertz CT molecular complexity index is 882. The maximum absolute atomic E-state index is 12.3. The van der Waals surface area contributed by atoms with Crippen molar-refractivity contribution in [2.45, 2.75) is 38.1 Å². The number of nitrogens with one attached hydrogen (secondary N) is 2. The summed E-state index contributed by atoms with van der Waals surface area (Å²) in [5, 5.41) is 12.4. The third-order valence-corrected chi connectivity index (χ3v) is 5.04. The molecule has 1 amide bonds. The number of amides is 1. The molecular formula is C18H22N2O4S. The highest BCUT2D eigenvalue weighted by Crippen LogP contribution is 2.24. The predicted octanol–water partition coefficient (Wildman–Crippen LogP) is 3.03. The van der Waals surface area contributed by atoms with Crippen LogP contribution in [0, 0.1) is 6.92 Å². The number of hydrogen-bond acceptors (Lipinski definition) is 4. The van der Waals surface area contributed by atoms with Gasteiger partial charge in [0.2, 0.25) is 10.0 Å². The number of aromatic hydroxyl groups is 1. The van der Waals surface area contributed by atoms with Gasteiger partial charge in [-0.05, 0) is 69.7 Å². The van der Waals surface area contributed by atoms with Gasteiger partial charge in [0, 0.05) is 11.1 Å². The number of hydrogen-bond donors (Lipinski definition) is 3. The monoisotopic (exact) mass is 362 g/mol. The fourth-order valence-electron chi connectivity index (χ4n) is 2.19. The topological polar surface area (TPSA) is 95.5 Å². The van der Waals surface area contributed by atoms with Crippen molar-refractivity contribution in [1.29, 1.82) is 0 Å². The zero-order chi connectivity index (χ0) is 18.8. The highest BCUT2D eigenvalue weighted by Gasteiger charge is 2.22. The van der Waals surface area contributed by atoms with Gasteiger partial charge < -0.3 is 10.4 Å². The first-order chi connectivity index (χ1) is 11.5. The lowest BCUT2D eigenvalue weighted by Crippen LogP contribution is -2.40. The number of carbonyl (C=O) groups is 1. The maximum atomic E-state index is 12.3. The van der Waals surface area contributed by atoms with E-state index in [1.165, 1.54) is 24.3 Å². The van der Waals surface area contributed by atoms with E-state index in [1.807, 2.05) is 6.92 Å². The summed E-state index contributed by atoms with van der Waals surface area (Å²) in [5.74, 6) is -0.464. The van der Waals surface area contributed by atoms with Gasteiger partial charge in [0.15, 0.2) is 0 Å². The van der Waals surface area contributed by atoms with Crippen molar-refractivity contribution in [1.82, 2.24) is 4.72 Å². The SMILES string of the molecule is Cc1ccc(NC(=O)c2ccc(S(=O)(=O)NC(C)(C)C)cc2)c(O)c1. The maximum Gasteiger partial charge on any atom is 0.255 e. The summed E-state index contributed by atoms with van der Waals surface area (Å²) < 4.78 is 27.1. The Morgan fingerprint density at radius 2 is 1.64 bits per heavy atom. The number of sulfonamides is 1. The van der Waals surface area contributed by atoms with E-state index in [4.69, 9.17) is 0 Å². The van der Waals surface area contributed by atoms with Crippen LogP contribution in [0.4, 0.5) is 5.69 Å². The van der Waals surface area contributed by atoms with Gasteiger partial charge in [-0.25, -0.2) is 13.1 Å². The van der Waals surface area contributed by atoms with Gasteiger partial charge >= 0.3 is 0 Å². The summed E-state index contributed by atoms with van der Waals surface area (Å²) in [6.45, 7) is 7.08. The summed E-state index contributed by atoms with van der Waals surface area (Å²) in [4.78, 5) is 12.3. The van der Waals surface area contributed by atoms with Crippen molar-refractivity contribution < 1.29 is 18.3 Å². The Kier molecular flexibility index (Phi) is 5.20. The van der Waals surface area contributed by atoms with Crippen molar-refractivity contribution in [2.75, 3.05) is 5.32 Å². The van der Waals surface area contributed by atoms with Crippen molar-refractivity contribution >= 4 is 21.6 Å². The first-order valence-corrected chi connectivity index (χ1v) is 9.21. The van der Waals surface area contributed by atoms with Crippen LogP contribution in [0.2, 0.25) is 0 Å². The second kappa shape index (κ2) is 6.85. The molecule has 0 fully saturated rings. The number of phenols is 1. The third-order valence-electron chi connectivity index (χ3n) is 3.27. The van der Waals surface area contributed by atoms with Gasteiger partial charge in [0.05, 0.1) is 10.6 Å². The van der Waals surface area contributed by atoms with E-state index in [1.54, 1.807) is 39.0 Å². The van der Waals surface area contributed by atoms with E-state index in [0.717, 1.165) is 5.56 Å². The van der Waals surface area contributed by atoms with Crippen molar-refractivity contribution in [3.63, 3.8) is 0 Å². The Balaban J connectivity index is 2.18. The molecule has 0 aliphatic heterocycles. The number of anilines is 1. The molecule has 2 aromatic rings. The summed E-state index contributed by atoms with van der Waals surface area (Å²) in [5.41, 5.74) is 0.852. The summed E-state index contributed by atoms with van der Waals surface area (Å²) in [7, 11) is -3.65. The fraction of sp³-hybridized carbons (Fsp3) is 0.278. The number of carbonyl (C=O) groups excluding carboxylic acids is 1. The molecule has 0 saturated carbocycles. The molecule has 0 saturated heterocycles. The molecule has 2 aromatic carbocycles. The quantitative estimate of drug-likeness (QED) is 0.729. The van der Waals surface area contributed by atoms with Crippen LogP contribution >= 0.6 is 0 Å². The van der Waals surface area contributed by atoms with Gasteiger partial charge in [0.25, 0.3) is 5.91 Å². The Hall–Kier alpha value is -2.38. The number of benzene rings is 2. The van der Waals surface area contributed by atoms with E-state index in [2.05, 4.69) is 10.0 Å². The Labute approximate surface area is 147 Å². The van der Waals surface area contributed by atoms with Gasteiger partial charge in [-0.15, -0.1) is 0 Å². The van der Waals surface area contributed by atoms with Crippen LogP contribution in [-0.4, -0.2) is 25.0 Å². The van der Waals surface area contributed by atoms with Crippen LogP contribution in [0.15, 0.2) is 47.4 Å². The van der Waals surface area contributed by atoms with Crippen LogP contribution in [0.3, 0.4) is 0 Å². The highest BCUT2D eigenvalue weighted by atomic mass is 32.2. The molecular weight excluding hydrogens is 340 g/mol. The lowest BCUT2D eigenvalue weighted by atomic mass is 10.1. The first-order valence-electron chi connectivity index (χ1n) is 7.73. The normalized spacial score (nSPS) is 12.0. The standard InChI is InChI=1S/C18H22N2O4S/c1-12-5-10-15(16(21)11-12)19-17(22)13-6-8-14(9-7-13)25(23,24)20-18(2,3)4/h5-11,20-21H,1-4H3,(H,19,22). The van der Waals surface area contributed by atoms with Gasteiger partial charge in [0.1, 0.15) is 5.75 Å². The average Bonchev–Trinajstić information content (AvgIpc) is 2.48. The molecule has 25 heavy (non-hydrogen) atoms. The molecule has 0 bridgehead atoms. The van der Waals surface area contributed by atoms with E-state index in [0.29, 0.717) is 5.69 Å². The molecule has 0 radical (unpaired) electrons. The molecule has 134 valence electrons. The lowest BCUT2D eigenvalue weighted by Gasteiger charge is -2.20. The third kappa shape index (κ3) is 5.04. The summed E-state index contributed by atoms with van der Waals surface area (Å²) in [6.07, 6.45) is 0. The van der Waals surface area contributed by atoms with Gasteiger partial charge in [-0.3, -0.25) is 4.79 Å². The van der Waals surface area contributed by atoms with Crippen LogP contribution in [-0.2, 0) is 10.0 Å². The average molecular weight is 362 g/mol. The van der Waals surface area contributed by atoms with Crippen molar-refractivity contribution in [2.24, 2.45) is 0 Å². The number of rotatable bonds is 4. The molecule has 0 unspecified atom stereocenters.